The fraction of sp³-hybridized carbons (Fsp3) is 0.500. The number of halogens is 1. The Morgan fingerprint density at radius 1 is 1.67 bits per heavy atom. The van der Waals surface area contributed by atoms with Crippen molar-refractivity contribution in [3.63, 3.8) is 0 Å². The van der Waals surface area contributed by atoms with Crippen LogP contribution in [0.3, 0.4) is 0 Å². The molecule has 1 heterocycles. The largest absolute Gasteiger partial charge is 0.320 e. The molecule has 1 aliphatic heterocycles. The smallest absolute Gasteiger partial charge is 0.226 e. The zero-order chi connectivity index (χ0) is 5.98. The van der Waals surface area contributed by atoms with Crippen LogP contribution in [-0.2, 0) is 4.79 Å². The third-order valence-electron chi connectivity index (χ3n) is 1.33. The first-order valence-electron chi connectivity index (χ1n) is 2.76. The maximum absolute atomic E-state index is 10.7. The fourth-order valence-electron chi connectivity index (χ4n) is 0.862. The maximum atomic E-state index is 10.7. The highest BCUT2D eigenvalue weighted by molar-refractivity contribution is 14.0. The normalized spacial score (nSPS) is 17.3. The molecule has 52 valence electrons. The van der Waals surface area contributed by atoms with Crippen LogP contribution in [0.4, 0.5) is 0 Å². The molecule has 0 aromatic carbocycles. The van der Waals surface area contributed by atoms with E-state index in [0.717, 1.165) is 13.0 Å². The first kappa shape index (κ1) is 8.94. The Morgan fingerprint density at radius 2 is 2.33 bits per heavy atom. The Hall–Kier alpha value is -0.0600. The van der Waals surface area contributed by atoms with Crippen molar-refractivity contribution in [2.75, 3.05) is 6.54 Å². The van der Waals surface area contributed by atoms with Crippen LogP contribution in [0.1, 0.15) is 12.8 Å². The molecule has 1 amide bonds. The molecule has 0 radical (unpaired) electrons. The summed E-state index contributed by atoms with van der Waals surface area (Å²) >= 11 is 0. The molecule has 3 heteroatoms. The number of carbonyl (C=O) groups is 1. The SMILES string of the molecule is C=CN1CCCC1=O.I. The predicted octanol–water partition coefficient (Wildman–Crippen LogP) is 1.37. The molecule has 0 atom stereocenters. The molecule has 0 spiro atoms. The van der Waals surface area contributed by atoms with E-state index < -0.39 is 0 Å². The molecule has 0 aromatic rings. The van der Waals surface area contributed by atoms with Crippen LogP contribution < -0.4 is 0 Å². The molecule has 0 aromatic heterocycles. The summed E-state index contributed by atoms with van der Waals surface area (Å²) in [7, 11) is 0. The van der Waals surface area contributed by atoms with Crippen molar-refractivity contribution in [2.45, 2.75) is 12.8 Å². The number of hydrogen-bond donors (Lipinski definition) is 0. The third-order valence-corrected chi connectivity index (χ3v) is 1.33. The molecule has 1 saturated heterocycles. The van der Waals surface area contributed by atoms with Gasteiger partial charge in [0, 0.05) is 13.0 Å². The molecular formula is C6H10INO. The van der Waals surface area contributed by atoms with Gasteiger partial charge in [0.05, 0.1) is 0 Å². The number of nitrogens with zero attached hydrogens (tertiary/aromatic N) is 1. The summed E-state index contributed by atoms with van der Waals surface area (Å²) in [5.41, 5.74) is 0. The zero-order valence-electron chi connectivity index (χ0n) is 5.17. The van der Waals surface area contributed by atoms with Gasteiger partial charge in [-0.3, -0.25) is 4.79 Å². The highest BCUT2D eigenvalue weighted by Crippen LogP contribution is 2.08. The Kier molecular flexibility index (Phi) is 3.84. The van der Waals surface area contributed by atoms with Gasteiger partial charge in [-0.25, -0.2) is 0 Å². The molecule has 0 saturated carbocycles. The van der Waals surface area contributed by atoms with Gasteiger partial charge in [-0.1, -0.05) is 6.58 Å². The van der Waals surface area contributed by atoms with Gasteiger partial charge in [0.25, 0.3) is 0 Å². The van der Waals surface area contributed by atoms with Gasteiger partial charge >= 0.3 is 0 Å². The van der Waals surface area contributed by atoms with Gasteiger partial charge < -0.3 is 4.90 Å². The standard InChI is InChI=1S/C6H9NO.HI/c1-2-7-5-3-4-6(7)8;/h2H,1,3-5H2;1H. The van der Waals surface area contributed by atoms with Gasteiger partial charge in [-0.05, 0) is 12.6 Å². The van der Waals surface area contributed by atoms with Crippen molar-refractivity contribution in [2.24, 2.45) is 0 Å². The summed E-state index contributed by atoms with van der Waals surface area (Å²) in [5, 5.41) is 0. The van der Waals surface area contributed by atoms with Gasteiger partial charge in [-0.15, -0.1) is 24.0 Å². The second kappa shape index (κ2) is 3.87. The van der Waals surface area contributed by atoms with E-state index in [4.69, 9.17) is 0 Å². The second-order valence-corrected chi connectivity index (χ2v) is 1.87. The lowest BCUT2D eigenvalue weighted by Gasteiger charge is -2.05. The Balaban J connectivity index is 0.000000640. The molecule has 0 aliphatic carbocycles. The lowest BCUT2D eigenvalue weighted by Crippen LogP contribution is -2.16. The number of carbonyl (C=O) groups excluding carboxylic acids is 1. The van der Waals surface area contributed by atoms with Gasteiger partial charge in [0.2, 0.25) is 5.91 Å². The molecule has 1 fully saturated rings. The van der Waals surface area contributed by atoms with E-state index in [1.54, 1.807) is 11.1 Å². The summed E-state index contributed by atoms with van der Waals surface area (Å²) < 4.78 is 0. The number of rotatable bonds is 1. The second-order valence-electron chi connectivity index (χ2n) is 1.87. The summed E-state index contributed by atoms with van der Waals surface area (Å²) in [6.45, 7) is 4.36. The molecule has 1 rings (SSSR count). The van der Waals surface area contributed by atoms with Crippen molar-refractivity contribution in [1.29, 1.82) is 0 Å². The van der Waals surface area contributed by atoms with Crippen LogP contribution in [0.5, 0.6) is 0 Å². The van der Waals surface area contributed by atoms with Crippen LogP contribution in [-0.4, -0.2) is 17.4 Å². The third kappa shape index (κ3) is 1.97. The maximum Gasteiger partial charge on any atom is 0.226 e. The minimum atomic E-state index is 0. The first-order valence-corrected chi connectivity index (χ1v) is 2.76. The van der Waals surface area contributed by atoms with Crippen LogP contribution in [0.15, 0.2) is 12.8 Å². The average Bonchev–Trinajstić information content (AvgIpc) is 2.14. The van der Waals surface area contributed by atoms with Crippen molar-refractivity contribution in [3.8, 4) is 0 Å². The number of likely N-dealkylation sites (tertiary alicyclic amines) is 1. The summed E-state index contributed by atoms with van der Waals surface area (Å²) in [6.07, 6.45) is 3.28. The summed E-state index contributed by atoms with van der Waals surface area (Å²) in [5.74, 6) is 0.208. The Labute approximate surface area is 71.9 Å². The first-order chi connectivity index (χ1) is 3.84. The van der Waals surface area contributed by atoms with E-state index in [2.05, 4.69) is 6.58 Å². The fourth-order valence-corrected chi connectivity index (χ4v) is 0.862. The van der Waals surface area contributed by atoms with Crippen molar-refractivity contribution < 1.29 is 4.79 Å². The highest BCUT2D eigenvalue weighted by atomic mass is 127. The van der Waals surface area contributed by atoms with Crippen LogP contribution >= 0.6 is 24.0 Å². The van der Waals surface area contributed by atoms with E-state index in [1.165, 1.54) is 0 Å². The molecule has 1 aliphatic rings. The predicted molar refractivity (Wildman–Crippen MR) is 46.6 cm³/mol. The topological polar surface area (TPSA) is 20.3 Å². The van der Waals surface area contributed by atoms with Crippen LogP contribution in [0.25, 0.3) is 0 Å². The van der Waals surface area contributed by atoms with E-state index in [1.807, 2.05) is 0 Å². The van der Waals surface area contributed by atoms with E-state index >= 15 is 0 Å². The van der Waals surface area contributed by atoms with Crippen molar-refractivity contribution in [1.82, 2.24) is 4.90 Å². The lowest BCUT2D eigenvalue weighted by atomic mass is 10.4. The zero-order valence-corrected chi connectivity index (χ0v) is 7.50. The van der Waals surface area contributed by atoms with Gasteiger partial charge in [-0.2, -0.15) is 0 Å². The Bertz CT molecular complexity index is 124. The summed E-state index contributed by atoms with van der Waals surface area (Å²) in [6, 6.07) is 0. The Morgan fingerprint density at radius 3 is 2.56 bits per heavy atom. The van der Waals surface area contributed by atoms with Gasteiger partial charge in [0.15, 0.2) is 0 Å². The monoisotopic (exact) mass is 239 g/mol. The molecule has 2 nitrogen and oxygen atoms in total. The van der Waals surface area contributed by atoms with Crippen LogP contribution in [0, 0.1) is 0 Å². The van der Waals surface area contributed by atoms with Crippen molar-refractivity contribution >= 4 is 29.9 Å². The molecule has 9 heavy (non-hydrogen) atoms. The molecule has 0 bridgehead atoms. The lowest BCUT2D eigenvalue weighted by molar-refractivity contribution is -0.125. The van der Waals surface area contributed by atoms with E-state index in [-0.39, 0.29) is 29.9 Å². The number of hydrogen-bond acceptors (Lipinski definition) is 1. The summed E-state index contributed by atoms with van der Waals surface area (Å²) in [4.78, 5) is 12.3. The van der Waals surface area contributed by atoms with E-state index in [0.29, 0.717) is 6.42 Å². The minimum absolute atomic E-state index is 0. The molecular weight excluding hydrogens is 229 g/mol. The minimum Gasteiger partial charge on any atom is -0.320 e. The van der Waals surface area contributed by atoms with Crippen molar-refractivity contribution in [3.05, 3.63) is 12.8 Å². The molecule has 0 unspecified atom stereocenters. The quantitative estimate of drug-likeness (QED) is 0.633. The van der Waals surface area contributed by atoms with Gasteiger partial charge in [0.1, 0.15) is 0 Å². The highest BCUT2D eigenvalue weighted by Gasteiger charge is 2.15. The van der Waals surface area contributed by atoms with Crippen LogP contribution in [0.2, 0.25) is 0 Å². The molecule has 0 N–H and O–H groups in total. The average molecular weight is 239 g/mol. The number of amides is 1. The van der Waals surface area contributed by atoms with E-state index in [9.17, 15) is 4.79 Å².